The van der Waals surface area contributed by atoms with E-state index in [1.165, 1.54) is 6.07 Å². The number of pyridine rings is 2. The standard InChI is InChI=1S/C29H29F3N6O2/c1-37-17-20(18-37)26(39)36-28(22-5-7-24(35-16-22)23-4-3-11-34-27(23)40-2)9-12-38(13-10-28)25-8-6-21(29(30,31)32)14-19(25)15-33/h3-8,11,14,16,20H,9-10,12-13,17-18H2,1-2H3,(H,36,39). The number of ether oxygens (including phenoxy) is 1. The molecule has 0 bridgehead atoms. The van der Waals surface area contributed by atoms with Crippen LogP contribution in [0.2, 0.25) is 0 Å². The number of carbonyl (C=O) groups excluding carboxylic acids is 1. The molecule has 2 aromatic heterocycles. The van der Waals surface area contributed by atoms with Gasteiger partial charge in [-0.3, -0.25) is 9.78 Å². The van der Waals surface area contributed by atoms with Crippen LogP contribution in [0.15, 0.2) is 54.9 Å². The second-order valence-corrected chi connectivity index (χ2v) is 10.3. The molecule has 8 nitrogen and oxygen atoms in total. The van der Waals surface area contributed by atoms with Crippen molar-refractivity contribution in [1.29, 1.82) is 5.26 Å². The predicted molar refractivity (Wildman–Crippen MR) is 142 cm³/mol. The topological polar surface area (TPSA) is 94.4 Å². The van der Waals surface area contributed by atoms with Crippen LogP contribution in [0.25, 0.3) is 11.3 Å². The van der Waals surface area contributed by atoms with Gasteiger partial charge in [0, 0.05) is 38.6 Å². The molecule has 5 rings (SSSR count). The highest BCUT2D eigenvalue weighted by Gasteiger charge is 2.41. The Morgan fingerprint density at radius 1 is 1.15 bits per heavy atom. The third-order valence-electron chi connectivity index (χ3n) is 7.76. The molecule has 3 aromatic rings. The van der Waals surface area contributed by atoms with Gasteiger partial charge in [0.15, 0.2) is 0 Å². The lowest BCUT2D eigenvalue weighted by Crippen LogP contribution is -2.59. The summed E-state index contributed by atoms with van der Waals surface area (Å²) >= 11 is 0. The van der Waals surface area contributed by atoms with Gasteiger partial charge in [-0.25, -0.2) is 4.98 Å². The highest BCUT2D eigenvalue weighted by atomic mass is 19.4. The van der Waals surface area contributed by atoms with Crippen LogP contribution in [-0.2, 0) is 16.5 Å². The number of anilines is 1. The number of piperidine rings is 1. The number of rotatable bonds is 6. The zero-order valence-corrected chi connectivity index (χ0v) is 22.2. The molecule has 4 heterocycles. The van der Waals surface area contributed by atoms with Crippen LogP contribution >= 0.6 is 0 Å². The fraction of sp³-hybridized carbons (Fsp3) is 0.379. The van der Waals surface area contributed by atoms with E-state index in [-0.39, 0.29) is 17.4 Å². The van der Waals surface area contributed by atoms with Gasteiger partial charge in [-0.1, -0.05) is 6.07 Å². The maximum Gasteiger partial charge on any atom is 0.416 e. The number of benzene rings is 1. The number of halogens is 3. The quantitative estimate of drug-likeness (QED) is 0.491. The minimum Gasteiger partial charge on any atom is -0.481 e. The summed E-state index contributed by atoms with van der Waals surface area (Å²) in [4.78, 5) is 26.1. The number of nitrogens with one attached hydrogen (secondary N) is 1. The Morgan fingerprint density at radius 3 is 2.50 bits per heavy atom. The monoisotopic (exact) mass is 550 g/mol. The zero-order valence-electron chi connectivity index (χ0n) is 22.2. The number of hydrogen-bond acceptors (Lipinski definition) is 7. The minimum absolute atomic E-state index is 0.0275. The fourth-order valence-electron chi connectivity index (χ4n) is 5.48. The molecule has 0 aliphatic carbocycles. The summed E-state index contributed by atoms with van der Waals surface area (Å²) in [6, 6.07) is 12.6. The second-order valence-electron chi connectivity index (χ2n) is 10.3. The first-order valence-corrected chi connectivity index (χ1v) is 13.0. The Kier molecular flexibility index (Phi) is 7.38. The van der Waals surface area contributed by atoms with Crippen molar-refractivity contribution in [2.75, 3.05) is 45.2 Å². The molecule has 208 valence electrons. The van der Waals surface area contributed by atoms with Crippen molar-refractivity contribution >= 4 is 11.6 Å². The molecule has 40 heavy (non-hydrogen) atoms. The third kappa shape index (κ3) is 5.31. The average molecular weight is 551 g/mol. The molecular formula is C29H29F3N6O2. The molecule has 0 atom stereocenters. The Hall–Kier alpha value is -4.17. The maximum atomic E-state index is 13.2. The zero-order chi connectivity index (χ0) is 28.5. The first-order chi connectivity index (χ1) is 19.1. The van der Waals surface area contributed by atoms with Gasteiger partial charge >= 0.3 is 6.18 Å². The number of methoxy groups -OCH3 is 1. The summed E-state index contributed by atoms with van der Waals surface area (Å²) in [5.74, 6) is 0.321. The summed E-state index contributed by atoms with van der Waals surface area (Å²) < 4.78 is 45.0. The molecule has 0 radical (unpaired) electrons. The van der Waals surface area contributed by atoms with Crippen LogP contribution in [0.1, 0.15) is 29.5 Å². The van der Waals surface area contributed by atoms with Crippen LogP contribution in [0, 0.1) is 17.2 Å². The highest BCUT2D eigenvalue weighted by Crippen LogP contribution is 2.38. The lowest BCUT2D eigenvalue weighted by Gasteiger charge is -2.45. The smallest absolute Gasteiger partial charge is 0.416 e. The SMILES string of the molecule is COc1ncccc1-c1ccc(C2(NC(=O)C3CN(C)C3)CCN(c3ccc(C(F)(F)F)cc3C#N)CC2)cn1. The van der Waals surface area contributed by atoms with Crippen molar-refractivity contribution in [3.05, 3.63) is 71.5 Å². The number of alkyl halides is 3. The molecule has 11 heteroatoms. The van der Waals surface area contributed by atoms with Gasteiger partial charge in [-0.15, -0.1) is 0 Å². The molecule has 0 saturated carbocycles. The largest absolute Gasteiger partial charge is 0.481 e. The van der Waals surface area contributed by atoms with Gasteiger partial charge in [0.05, 0.1) is 46.6 Å². The molecule has 0 unspecified atom stereocenters. The number of carbonyl (C=O) groups is 1. The summed E-state index contributed by atoms with van der Waals surface area (Å²) in [6.07, 6.45) is -0.153. The van der Waals surface area contributed by atoms with E-state index in [1.807, 2.05) is 36.2 Å². The summed E-state index contributed by atoms with van der Waals surface area (Å²) in [7, 11) is 3.51. The summed E-state index contributed by atoms with van der Waals surface area (Å²) in [6.45, 7) is 2.23. The predicted octanol–water partition coefficient (Wildman–Crippen LogP) is 4.22. The van der Waals surface area contributed by atoms with Crippen LogP contribution in [0.5, 0.6) is 5.88 Å². The minimum atomic E-state index is -4.53. The second kappa shape index (κ2) is 10.8. The highest BCUT2D eigenvalue weighted by molar-refractivity contribution is 5.81. The Labute approximate surface area is 230 Å². The van der Waals surface area contributed by atoms with Crippen LogP contribution in [-0.4, -0.2) is 61.1 Å². The van der Waals surface area contributed by atoms with E-state index >= 15 is 0 Å². The van der Waals surface area contributed by atoms with E-state index in [0.717, 1.165) is 23.3 Å². The molecule has 2 fully saturated rings. The Bertz CT molecular complexity index is 1420. The van der Waals surface area contributed by atoms with Crippen molar-refractivity contribution in [3.63, 3.8) is 0 Å². The third-order valence-corrected chi connectivity index (χ3v) is 7.76. The number of likely N-dealkylation sites (tertiary alicyclic amines) is 1. The molecule has 1 amide bonds. The first kappa shape index (κ1) is 27.4. The van der Waals surface area contributed by atoms with Gasteiger partial charge in [0.1, 0.15) is 6.07 Å². The van der Waals surface area contributed by atoms with Crippen LogP contribution in [0.3, 0.4) is 0 Å². The molecule has 2 aliphatic rings. The molecular weight excluding hydrogens is 521 g/mol. The van der Waals surface area contributed by atoms with E-state index in [1.54, 1.807) is 25.6 Å². The van der Waals surface area contributed by atoms with E-state index in [4.69, 9.17) is 4.74 Å². The normalized spacial score (nSPS) is 17.6. The maximum absolute atomic E-state index is 13.2. The Morgan fingerprint density at radius 2 is 1.90 bits per heavy atom. The summed E-state index contributed by atoms with van der Waals surface area (Å²) in [5.41, 5.74) is 1.12. The van der Waals surface area contributed by atoms with Gasteiger partial charge in [0.25, 0.3) is 0 Å². The van der Waals surface area contributed by atoms with E-state index < -0.39 is 17.3 Å². The molecule has 2 saturated heterocycles. The van der Waals surface area contributed by atoms with E-state index in [2.05, 4.69) is 20.2 Å². The van der Waals surface area contributed by atoms with Crippen molar-refractivity contribution in [2.24, 2.45) is 5.92 Å². The number of hydrogen-bond donors (Lipinski definition) is 1. The van der Waals surface area contributed by atoms with Gasteiger partial charge in [-0.2, -0.15) is 18.4 Å². The average Bonchev–Trinajstić information content (AvgIpc) is 2.95. The number of nitriles is 1. The fourth-order valence-corrected chi connectivity index (χ4v) is 5.48. The summed E-state index contributed by atoms with van der Waals surface area (Å²) in [5, 5.41) is 12.9. The number of amides is 1. The molecule has 1 N–H and O–H groups in total. The molecule has 0 spiro atoms. The van der Waals surface area contributed by atoms with Crippen molar-refractivity contribution in [3.8, 4) is 23.2 Å². The number of nitrogens with zero attached hydrogens (tertiary/aromatic N) is 5. The van der Waals surface area contributed by atoms with Crippen molar-refractivity contribution < 1.29 is 22.7 Å². The van der Waals surface area contributed by atoms with Crippen LogP contribution < -0.4 is 15.0 Å². The van der Waals surface area contributed by atoms with Gasteiger partial charge in [0.2, 0.25) is 11.8 Å². The van der Waals surface area contributed by atoms with Gasteiger partial charge < -0.3 is 19.9 Å². The molecule has 2 aliphatic heterocycles. The van der Waals surface area contributed by atoms with Crippen molar-refractivity contribution in [1.82, 2.24) is 20.2 Å². The molecule has 1 aromatic carbocycles. The Balaban J connectivity index is 1.42. The lowest BCUT2D eigenvalue weighted by atomic mass is 9.80. The van der Waals surface area contributed by atoms with Gasteiger partial charge in [-0.05, 0) is 61.9 Å². The van der Waals surface area contributed by atoms with E-state index in [9.17, 15) is 23.2 Å². The van der Waals surface area contributed by atoms with E-state index in [0.29, 0.717) is 56.3 Å². The first-order valence-electron chi connectivity index (χ1n) is 13.0. The lowest BCUT2D eigenvalue weighted by molar-refractivity contribution is -0.137. The van der Waals surface area contributed by atoms with Crippen LogP contribution in [0.4, 0.5) is 18.9 Å². The number of aromatic nitrogens is 2. The van der Waals surface area contributed by atoms with Crippen molar-refractivity contribution in [2.45, 2.75) is 24.6 Å².